The van der Waals surface area contributed by atoms with E-state index >= 15 is 0 Å². The highest BCUT2D eigenvalue weighted by Crippen LogP contribution is 2.40. The molecular weight excluding hydrogens is 522 g/mol. The van der Waals surface area contributed by atoms with Gasteiger partial charge in [0.1, 0.15) is 18.5 Å². The molecule has 0 radical (unpaired) electrons. The summed E-state index contributed by atoms with van der Waals surface area (Å²) in [5.41, 5.74) is 1.72. The van der Waals surface area contributed by atoms with Crippen LogP contribution >= 0.6 is 48.0 Å². The van der Waals surface area contributed by atoms with Crippen molar-refractivity contribution in [3.8, 4) is 11.4 Å². The van der Waals surface area contributed by atoms with Crippen molar-refractivity contribution in [3.05, 3.63) is 95.5 Å². The number of hydrogen-bond acceptors (Lipinski definition) is 5. The fourth-order valence-corrected chi connectivity index (χ4v) is 4.24. The minimum atomic E-state index is -1.07. The van der Waals surface area contributed by atoms with Crippen molar-refractivity contribution in [2.45, 2.75) is 18.4 Å². The molecule has 34 heavy (non-hydrogen) atoms. The van der Waals surface area contributed by atoms with Gasteiger partial charge in [-0.3, -0.25) is 0 Å². The first kappa shape index (κ1) is 26.3. The normalized spacial score (nSPS) is 19.3. The average molecular weight is 544 g/mol. The summed E-state index contributed by atoms with van der Waals surface area (Å²) < 4.78 is 22.4. The molecule has 2 atom stereocenters. The van der Waals surface area contributed by atoms with Crippen molar-refractivity contribution in [2.24, 2.45) is 0 Å². The summed E-state index contributed by atoms with van der Waals surface area (Å²) >= 11 is 12.6. The largest absolute Gasteiger partial charge is 0.491 e. The fraction of sp³-hybridized carbons (Fsp3) is 0.217. The molecule has 2 aromatic heterocycles. The quantitative estimate of drug-likeness (QED) is 0.305. The number of halogens is 4. The van der Waals surface area contributed by atoms with Crippen LogP contribution in [0.2, 0.25) is 10.0 Å². The average Bonchev–Trinajstić information content (AvgIpc) is 3.56. The van der Waals surface area contributed by atoms with Crippen molar-refractivity contribution in [1.82, 2.24) is 19.1 Å². The molecule has 0 aliphatic carbocycles. The third-order valence-corrected chi connectivity index (χ3v) is 5.77. The Labute approximate surface area is 219 Å². The number of ether oxygens (including phenoxy) is 3. The van der Waals surface area contributed by atoms with Crippen LogP contribution in [0, 0.1) is 0 Å². The van der Waals surface area contributed by atoms with E-state index in [0.29, 0.717) is 35.4 Å². The van der Waals surface area contributed by atoms with Gasteiger partial charge in [-0.25, -0.2) is 9.97 Å². The van der Waals surface area contributed by atoms with Gasteiger partial charge in [0.05, 0.1) is 30.8 Å². The second kappa shape index (κ2) is 11.4. The molecule has 0 bridgehead atoms. The monoisotopic (exact) mass is 542 g/mol. The Morgan fingerprint density at radius 1 is 1.00 bits per heavy atom. The van der Waals surface area contributed by atoms with E-state index in [1.807, 2.05) is 51.9 Å². The maximum Gasteiger partial charge on any atom is 0.215 e. The number of rotatable bonds is 7. The van der Waals surface area contributed by atoms with Crippen LogP contribution in [0.25, 0.3) is 5.69 Å². The minimum absolute atomic E-state index is 0. The molecule has 11 heteroatoms. The van der Waals surface area contributed by atoms with E-state index in [2.05, 4.69) is 9.97 Å². The van der Waals surface area contributed by atoms with Gasteiger partial charge in [-0.1, -0.05) is 29.3 Å². The maximum atomic E-state index is 6.51. The molecule has 1 aliphatic rings. The van der Waals surface area contributed by atoms with Gasteiger partial charge in [-0.05, 0) is 36.4 Å². The van der Waals surface area contributed by atoms with Crippen LogP contribution in [0.15, 0.2) is 79.9 Å². The van der Waals surface area contributed by atoms with Gasteiger partial charge in [0, 0.05) is 41.1 Å². The van der Waals surface area contributed by atoms with Crippen molar-refractivity contribution in [1.29, 1.82) is 0 Å². The van der Waals surface area contributed by atoms with Crippen molar-refractivity contribution >= 4 is 48.0 Å². The van der Waals surface area contributed by atoms with Crippen LogP contribution in [0.5, 0.6) is 5.75 Å². The zero-order chi connectivity index (χ0) is 22.0. The van der Waals surface area contributed by atoms with E-state index in [9.17, 15) is 0 Å². The SMILES string of the molecule is Cl.Cl.Clc1ccc([C@]2(Cn3ccnc3)OC[C@@H](COc3ccc(-n4ccnc4)cc3)O2)c(Cl)c1. The summed E-state index contributed by atoms with van der Waals surface area (Å²) in [6.07, 6.45) is 10.4. The Morgan fingerprint density at radius 3 is 2.44 bits per heavy atom. The van der Waals surface area contributed by atoms with Gasteiger partial charge in [0.15, 0.2) is 0 Å². The Morgan fingerprint density at radius 2 is 1.76 bits per heavy atom. The Kier molecular flexibility index (Phi) is 8.87. The lowest BCUT2D eigenvalue weighted by Crippen LogP contribution is -2.34. The number of benzene rings is 2. The molecule has 2 aromatic carbocycles. The summed E-state index contributed by atoms with van der Waals surface area (Å²) in [6, 6.07) is 13.1. The van der Waals surface area contributed by atoms with Gasteiger partial charge in [-0.15, -0.1) is 24.8 Å². The molecular formula is C23H22Cl4N4O3. The molecule has 0 spiro atoms. The van der Waals surface area contributed by atoms with Gasteiger partial charge in [0.2, 0.25) is 5.79 Å². The van der Waals surface area contributed by atoms with E-state index < -0.39 is 5.79 Å². The predicted octanol–water partition coefficient (Wildman–Crippen LogP) is 5.57. The summed E-state index contributed by atoms with van der Waals surface area (Å²) in [5, 5.41) is 1.03. The van der Waals surface area contributed by atoms with Crippen LogP contribution in [0.1, 0.15) is 5.56 Å². The lowest BCUT2D eigenvalue weighted by atomic mass is 10.1. The molecule has 180 valence electrons. The van der Waals surface area contributed by atoms with Crippen LogP contribution < -0.4 is 4.74 Å². The Hall–Kier alpha value is -2.26. The Bertz CT molecular complexity index is 1170. The standard InChI is InChI=1S/C23H20Cl2N4O3.2ClH/c24-17-1-6-21(22(25)11-17)23(14-28-9-7-26-15-28)31-13-20(32-23)12-30-19-4-2-18(3-5-19)29-10-8-27-16-29;;/h1-11,15-16,20H,12-14H2;2*1H/t20-,23-;;/m1../s1. The van der Waals surface area contributed by atoms with E-state index in [1.165, 1.54) is 0 Å². The first-order valence-corrected chi connectivity index (χ1v) is 10.8. The molecule has 3 heterocycles. The highest BCUT2D eigenvalue weighted by atomic mass is 35.5. The topological polar surface area (TPSA) is 63.3 Å². The molecule has 0 N–H and O–H groups in total. The van der Waals surface area contributed by atoms with Crippen molar-refractivity contribution in [2.75, 3.05) is 13.2 Å². The zero-order valence-electron chi connectivity index (χ0n) is 17.8. The second-order valence-corrected chi connectivity index (χ2v) is 8.28. The highest BCUT2D eigenvalue weighted by molar-refractivity contribution is 6.35. The summed E-state index contributed by atoms with van der Waals surface area (Å²) in [7, 11) is 0. The minimum Gasteiger partial charge on any atom is -0.491 e. The molecule has 0 amide bonds. The van der Waals surface area contributed by atoms with E-state index in [0.717, 1.165) is 11.4 Å². The van der Waals surface area contributed by atoms with Gasteiger partial charge < -0.3 is 23.3 Å². The fourth-order valence-electron chi connectivity index (χ4n) is 3.69. The van der Waals surface area contributed by atoms with Crippen LogP contribution in [0.3, 0.4) is 0 Å². The first-order valence-electron chi connectivity index (χ1n) is 10.1. The predicted molar refractivity (Wildman–Crippen MR) is 135 cm³/mol. The van der Waals surface area contributed by atoms with Crippen LogP contribution in [-0.2, 0) is 21.8 Å². The molecule has 4 aromatic rings. The second-order valence-electron chi connectivity index (χ2n) is 7.44. The smallest absolute Gasteiger partial charge is 0.215 e. The maximum absolute atomic E-state index is 6.51. The first-order chi connectivity index (χ1) is 15.6. The Balaban J connectivity index is 0.00000162. The molecule has 7 nitrogen and oxygen atoms in total. The summed E-state index contributed by atoms with van der Waals surface area (Å²) in [4.78, 5) is 8.18. The molecule has 1 aliphatic heterocycles. The molecule has 0 unspecified atom stereocenters. The van der Waals surface area contributed by atoms with Gasteiger partial charge in [-0.2, -0.15) is 0 Å². The lowest BCUT2D eigenvalue weighted by molar-refractivity contribution is -0.189. The highest BCUT2D eigenvalue weighted by Gasteiger charge is 2.45. The number of nitrogens with zero attached hydrogens (tertiary/aromatic N) is 4. The molecule has 0 saturated carbocycles. The molecule has 1 fully saturated rings. The number of imidazole rings is 2. The number of hydrogen-bond donors (Lipinski definition) is 0. The summed E-state index contributed by atoms with van der Waals surface area (Å²) in [6.45, 7) is 1.09. The van der Waals surface area contributed by atoms with E-state index in [-0.39, 0.29) is 30.9 Å². The summed E-state index contributed by atoms with van der Waals surface area (Å²) in [5.74, 6) is -0.323. The number of aromatic nitrogens is 4. The lowest BCUT2D eigenvalue weighted by Gasteiger charge is -2.30. The molecule has 1 saturated heterocycles. The van der Waals surface area contributed by atoms with Crippen LogP contribution in [-0.4, -0.2) is 38.4 Å². The zero-order valence-corrected chi connectivity index (χ0v) is 20.9. The van der Waals surface area contributed by atoms with Gasteiger partial charge >= 0.3 is 0 Å². The molecule has 5 rings (SSSR count). The van der Waals surface area contributed by atoms with Crippen LogP contribution in [0.4, 0.5) is 0 Å². The van der Waals surface area contributed by atoms with E-state index in [1.54, 1.807) is 37.2 Å². The van der Waals surface area contributed by atoms with Gasteiger partial charge in [0.25, 0.3) is 0 Å². The third kappa shape index (κ3) is 5.68. The van der Waals surface area contributed by atoms with Crippen molar-refractivity contribution in [3.63, 3.8) is 0 Å². The third-order valence-electron chi connectivity index (χ3n) is 5.23. The van der Waals surface area contributed by atoms with E-state index in [4.69, 9.17) is 37.4 Å². The van der Waals surface area contributed by atoms with Crippen molar-refractivity contribution < 1.29 is 14.2 Å².